The summed E-state index contributed by atoms with van der Waals surface area (Å²) in [4.78, 5) is 11.4. The van der Waals surface area contributed by atoms with Gasteiger partial charge < -0.3 is 10.2 Å². The highest BCUT2D eigenvalue weighted by atomic mass is 15.2. The maximum atomic E-state index is 4.64. The van der Waals surface area contributed by atoms with Gasteiger partial charge in [-0.05, 0) is 32.2 Å². The molecule has 1 saturated carbocycles. The lowest BCUT2D eigenvalue weighted by Crippen LogP contribution is -2.26. The number of anilines is 1. The zero-order valence-electron chi connectivity index (χ0n) is 12.4. The van der Waals surface area contributed by atoms with Gasteiger partial charge in [-0.2, -0.15) is 0 Å². The fourth-order valence-electron chi connectivity index (χ4n) is 2.76. The predicted molar refractivity (Wildman–Crippen MR) is 79.4 cm³/mol. The molecule has 0 bridgehead atoms. The molecule has 19 heavy (non-hydrogen) atoms. The fourth-order valence-corrected chi connectivity index (χ4v) is 2.76. The summed E-state index contributed by atoms with van der Waals surface area (Å²) in [6.07, 6.45) is 7.47. The van der Waals surface area contributed by atoms with Crippen LogP contribution in [0.1, 0.15) is 43.9 Å². The van der Waals surface area contributed by atoms with Crippen LogP contribution in [0.2, 0.25) is 0 Å². The van der Waals surface area contributed by atoms with E-state index in [4.69, 9.17) is 0 Å². The van der Waals surface area contributed by atoms with E-state index in [-0.39, 0.29) is 0 Å². The van der Waals surface area contributed by atoms with Crippen LogP contribution < -0.4 is 10.2 Å². The van der Waals surface area contributed by atoms with E-state index in [1.54, 1.807) is 0 Å². The van der Waals surface area contributed by atoms with Crippen LogP contribution in [0.4, 0.5) is 5.95 Å². The summed E-state index contributed by atoms with van der Waals surface area (Å²) in [6.45, 7) is 7.10. The van der Waals surface area contributed by atoms with Crippen LogP contribution in [0.25, 0.3) is 0 Å². The van der Waals surface area contributed by atoms with Gasteiger partial charge >= 0.3 is 0 Å². The van der Waals surface area contributed by atoms with Gasteiger partial charge in [0.2, 0.25) is 5.95 Å². The third kappa shape index (κ3) is 3.90. The molecule has 0 saturated heterocycles. The third-order valence-electron chi connectivity index (χ3n) is 3.98. The van der Waals surface area contributed by atoms with Gasteiger partial charge in [-0.25, -0.2) is 9.97 Å². The number of rotatable bonds is 6. The van der Waals surface area contributed by atoms with Crippen molar-refractivity contribution in [3.63, 3.8) is 0 Å². The molecule has 1 aromatic heterocycles. The van der Waals surface area contributed by atoms with Crippen LogP contribution in [-0.2, 0) is 6.54 Å². The Morgan fingerprint density at radius 3 is 2.74 bits per heavy atom. The molecule has 0 radical (unpaired) electrons. The van der Waals surface area contributed by atoms with Crippen molar-refractivity contribution in [2.24, 2.45) is 5.92 Å². The van der Waals surface area contributed by atoms with Crippen molar-refractivity contribution < 1.29 is 0 Å². The summed E-state index contributed by atoms with van der Waals surface area (Å²) < 4.78 is 0. The van der Waals surface area contributed by atoms with E-state index in [1.807, 2.05) is 6.20 Å². The minimum atomic E-state index is 0.829. The lowest BCUT2D eigenvalue weighted by atomic mass is 10.1. The first kappa shape index (κ1) is 14.3. The molecule has 0 atom stereocenters. The summed E-state index contributed by atoms with van der Waals surface area (Å²) in [5.74, 6) is 1.69. The van der Waals surface area contributed by atoms with Gasteiger partial charge in [-0.15, -0.1) is 0 Å². The third-order valence-corrected chi connectivity index (χ3v) is 3.98. The second-order valence-electron chi connectivity index (χ2n) is 5.59. The fraction of sp³-hybridized carbons (Fsp3) is 0.733. The van der Waals surface area contributed by atoms with Crippen molar-refractivity contribution in [2.75, 3.05) is 25.0 Å². The van der Waals surface area contributed by atoms with Crippen molar-refractivity contribution in [1.82, 2.24) is 15.3 Å². The second-order valence-corrected chi connectivity index (χ2v) is 5.59. The molecule has 0 unspecified atom stereocenters. The van der Waals surface area contributed by atoms with Crippen molar-refractivity contribution in [1.29, 1.82) is 0 Å². The maximum absolute atomic E-state index is 4.64. The molecule has 0 aliphatic heterocycles. The Bertz CT molecular complexity index is 399. The molecule has 4 heteroatoms. The van der Waals surface area contributed by atoms with Crippen LogP contribution in [0.5, 0.6) is 0 Å². The molecule has 0 spiro atoms. The lowest BCUT2D eigenvalue weighted by molar-refractivity contribution is 0.542. The molecule has 2 rings (SSSR count). The van der Waals surface area contributed by atoms with Gasteiger partial charge in [-0.3, -0.25) is 0 Å². The Hall–Kier alpha value is -1.16. The van der Waals surface area contributed by atoms with Gasteiger partial charge in [0.25, 0.3) is 0 Å². The highest BCUT2D eigenvalue weighted by Crippen LogP contribution is 2.26. The van der Waals surface area contributed by atoms with E-state index in [1.165, 1.54) is 31.2 Å². The first-order chi connectivity index (χ1) is 9.20. The Morgan fingerprint density at radius 2 is 2.11 bits per heavy atom. The number of aromatic nitrogens is 2. The summed E-state index contributed by atoms with van der Waals surface area (Å²) >= 11 is 0. The molecule has 1 aliphatic rings. The molecule has 106 valence electrons. The predicted octanol–water partition coefficient (Wildman–Crippen LogP) is 2.52. The second kappa shape index (κ2) is 6.85. The number of nitrogens with zero attached hydrogens (tertiary/aromatic N) is 3. The maximum Gasteiger partial charge on any atom is 0.225 e. The number of hydrogen-bond donors (Lipinski definition) is 1. The Balaban J connectivity index is 1.97. The molecule has 0 aromatic carbocycles. The van der Waals surface area contributed by atoms with E-state index in [9.17, 15) is 0 Å². The average molecular weight is 262 g/mol. The number of aryl methyl sites for hydroxylation is 1. The molecule has 0 amide bonds. The molecular weight excluding hydrogens is 236 g/mol. The first-order valence-electron chi connectivity index (χ1n) is 7.45. The molecule has 1 aliphatic carbocycles. The van der Waals surface area contributed by atoms with Crippen molar-refractivity contribution in [3.8, 4) is 0 Å². The number of hydrogen-bond acceptors (Lipinski definition) is 4. The largest absolute Gasteiger partial charge is 0.344 e. The molecule has 1 aromatic rings. The van der Waals surface area contributed by atoms with E-state index < -0.39 is 0 Å². The van der Waals surface area contributed by atoms with Crippen molar-refractivity contribution in [2.45, 2.75) is 46.1 Å². The monoisotopic (exact) mass is 262 g/mol. The standard InChI is InChI=1S/C15H26N4/c1-4-16-9-14-10-17-15(18-12(14)2)19(3)11-13-7-5-6-8-13/h10,13,16H,4-9,11H2,1-3H3. The van der Waals surface area contributed by atoms with E-state index in [2.05, 4.69) is 41.1 Å². The zero-order valence-corrected chi connectivity index (χ0v) is 12.4. The van der Waals surface area contributed by atoms with Crippen LogP contribution in [0.3, 0.4) is 0 Å². The van der Waals surface area contributed by atoms with Crippen molar-refractivity contribution in [3.05, 3.63) is 17.5 Å². The summed E-state index contributed by atoms with van der Waals surface area (Å²) in [5, 5.41) is 3.32. The van der Waals surface area contributed by atoms with E-state index >= 15 is 0 Å². The Kier molecular flexibility index (Phi) is 5.14. The highest BCUT2D eigenvalue weighted by molar-refractivity contribution is 5.32. The van der Waals surface area contributed by atoms with Crippen LogP contribution >= 0.6 is 0 Å². The van der Waals surface area contributed by atoms with Crippen LogP contribution in [0.15, 0.2) is 6.20 Å². The minimum Gasteiger partial charge on any atom is -0.344 e. The van der Waals surface area contributed by atoms with Gasteiger partial charge in [0, 0.05) is 37.6 Å². The van der Waals surface area contributed by atoms with Crippen LogP contribution in [-0.4, -0.2) is 30.1 Å². The molecular formula is C15H26N4. The van der Waals surface area contributed by atoms with E-state index in [0.29, 0.717) is 0 Å². The van der Waals surface area contributed by atoms with Gasteiger partial charge in [0.1, 0.15) is 0 Å². The van der Waals surface area contributed by atoms with Crippen LogP contribution in [0, 0.1) is 12.8 Å². The summed E-state index contributed by atoms with van der Waals surface area (Å²) in [6, 6.07) is 0. The minimum absolute atomic E-state index is 0.829. The lowest BCUT2D eigenvalue weighted by Gasteiger charge is -2.21. The SMILES string of the molecule is CCNCc1cnc(N(C)CC2CCCC2)nc1C. The van der Waals surface area contributed by atoms with E-state index in [0.717, 1.165) is 37.2 Å². The highest BCUT2D eigenvalue weighted by Gasteiger charge is 2.18. The molecule has 4 nitrogen and oxygen atoms in total. The zero-order chi connectivity index (χ0) is 13.7. The smallest absolute Gasteiger partial charge is 0.225 e. The molecule has 1 fully saturated rings. The summed E-state index contributed by atoms with van der Waals surface area (Å²) in [7, 11) is 2.11. The summed E-state index contributed by atoms with van der Waals surface area (Å²) in [5.41, 5.74) is 2.28. The van der Waals surface area contributed by atoms with Crippen molar-refractivity contribution >= 4 is 5.95 Å². The van der Waals surface area contributed by atoms with Gasteiger partial charge in [-0.1, -0.05) is 19.8 Å². The normalized spacial score (nSPS) is 15.9. The molecule has 1 heterocycles. The van der Waals surface area contributed by atoms with Gasteiger partial charge in [0.05, 0.1) is 0 Å². The van der Waals surface area contributed by atoms with Gasteiger partial charge in [0.15, 0.2) is 0 Å². The number of nitrogens with one attached hydrogen (secondary N) is 1. The first-order valence-corrected chi connectivity index (χ1v) is 7.45. The molecule has 1 N–H and O–H groups in total. The topological polar surface area (TPSA) is 41.1 Å². The Labute approximate surface area is 116 Å². The Morgan fingerprint density at radius 1 is 1.37 bits per heavy atom. The average Bonchev–Trinajstić information content (AvgIpc) is 2.90. The quantitative estimate of drug-likeness (QED) is 0.855.